The first kappa shape index (κ1) is 21.8. The molecular formula is C26H20N4O3S. The Balaban J connectivity index is 1.36. The Labute approximate surface area is 200 Å². The van der Waals surface area contributed by atoms with Crippen LogP contribution in [0.5, 0.6) is 0 Å². The van der Waals surface area contributed by atoms with Crippen LogP contribution in [0.3, 0.4) is 0 Å². The first-order valence-electron chi connectivity index (χ1n) is 10.8. The molecule has 2 aromatic carbocycles. The molecule has 0 aliphatic carbocycles. The number of hydrogen-bond donors (Lipinski definition) is 0. The van der Waals surface area contributed by atoms with E-state index < -0.39 is 4.92 Å². The Hall–Kier alpha value is -4.06. The lowest BCUT2D eigenvalue weighted by Crippen LogP contribution is -2.29. The van der Waals surface area contributed by atoms with Crippen LogP contribution in [-0.2, 0) is 19.5 Å². The van der Waals surface area contributed by atoms with Crippen LogP contribution < -0.4 is 0 Å². The summed E-state index contributed by atoms with van der Waals surface area (Å²) in [7, 11) is 0. The molecule has 4 aromatic rings. The number of fused-ring (bicyclic) bond motifs is 1. The highest BCUT2D eigenvalue weighted by Gasteiger charge is 2.24. The van der Waals surface area contributed by atoms with E-state index in [-0.39, 0.29) is 5.69 Å². The third-order valence-corrected chi connectivity index (χ3v) is 6.90. The number of thiophene rings is 1. The third kappa shape index (κ3) is 4.39. The van der Waals surface area contributed by atoms with Crippen molar-refractivity contribution in [1.82, 2.24) is 4.90 Å². The van der Waals surface area contributed by atoms with Crippen LogP contribution in [-0.4, -0.2) is 22.6 Å². The Bertz CT molecular complexity index is 1420. The minimum atomic E-state index is -0.429. The van der Waals surface area contributed by atoms with Crippen LogP contribution in [0.4, 0.5) is 10.7 Å². The van der Waals surface area contributed by atoms with Gasteiger partial charge in [-0.15, -0.1) is 11.3 Å². The molecule has 1 aliphatic rings. The van der Waals surface area contributed by atoms with E-state index >= 15 is 0 Å². The Morgan fingerprint density at radius 1 is 1.15 bits per heavy atom. The summed E-state index contributed by atoms with van der Waals surface area (Å²) in [5.41, 5.74) is 3.38. The predicted molar refractivity (Wildman–Crippen MR) is 131 cm³/mol. The van der Waals surface area contributed by atoms with Gasteiger partial charge in [-0.1, -0.05) is 42.5 Å². The van der Waals surface area contributed by atoms with Gasteiger partial charge in [-0.25, -0.2) is 4.99 Å². The van der Waals surface area contributed by atoms with Crippen LogP contribution in [0, 0.1) is 21.4 Å². The lowest BCUT2D eigenvalue weighted by atomic mass is 10.0. The molecule has 0 saturated heterocycles. The van der Waals surface area contributed by atoms with Crippen LogP contribution in [0.1, 0.15) is 27.3 Å². The SMILES string of the molecule is N#Cc1c(N=Cc2ccc(-c3ccccc3[N+](=O)[O-])o2)sc2c1CCN(Cc1ccccc1)C2. The summed E-state index contributed by atoms with van der Waals surface area (Å²) in [5.74, 6) is 0.866. The van der Waals surface area contributed by atoms with Gasteiger partial charge in [0.25, 0.3) is 5.69 Å². The lowest BCUT2D eigenvalue weighted by molar-refractivity contribution is -0.384. The maximum absolute atomic E-state index is 11.3. The zero-order valence-corrected chi connectivity index (χ0v) is 19.0. The zero-order chi connectivity index (χ0) is 23.5. The third-order valence-electron chi connectivity index (χ3n) is 5.78. The summed E-state index contributed by atoms with van der Waals surface area (Å²) in [5, 5.41) is 21.8. The molecule has 2 aromatic heterocycles. The van der Waals surface area contributed by atoms with Crippen molar-refractivity contribution in [3.8, 4) is 17.4 Å². The summed E-state index contributed by atoms with van der Waals surface area (Å²) < 4.78 is 5.80. The van der Waals surface area contributed by atoms with Gasteiger partial charge in [-0.3, -0.25) is 15.0 Å². The van der Waals surface area contributed by atoms with Crippen molar-refractivity contribution in [2.45, 2.75) is 19.5 Å². The molecule has 0 N–H and O–H groups in total. The minimum absolute atomic E-state index is 0.0157. The maximum atomic E-state index is 11.3. The number of nitrogens with zero attached hydrogens (tertiary/aromatic N) is 4. The minimum Gasteiger partial charge on any atom is -0.455 e. The van der Waals surface area contributed by atoms with Crippen LogP contribution in [0.25, 0.3) is 11.3 Å². The van der Waals surface area contributed by atoms with E-state index in [1.54, 1.807) is 36.5 Å². The van der Waals surface area contributed by atoms with E-state index in [4.69, 9.17) is 4.42 Å². The Morgan fingerprint density at radius 2 is 1.94 bits per heavy atom. The van der Waals surface area contributed by atoms with Gasteiger partial charge in [0.2, 0.25) is 0 Å². The maximum Gasteiger partial charge on any atom is 0.280 e. The smallest absolute Gasteiger partial charge is 0.280 e. The van der Waals surface area contributed by atoms with Crippen molar-refractivity contribution < 1.29 is 9.34 Å². The second-order valence-corrected chi connectivity index (χ2v) is 9.06. The number of para-hydroxylation sites is 1. The Morgan fingerprint density at radius 3 is 2.74 bits per heavy atom. The highest BCUT2D eigenvalue weighted by Crippen LogP contribution is 2.39. The van der Waals surface area contributed by atoms with E-state index in [9.17, 15) is 15.4 Å². The summed E-state index contributed by atoms with van der Waals surface area (Å²) in [4.78, 5) is 19.0. The molecule has 3 heterocycles. The molecule has 168 valence electrons. The van der Waals surface area contributed by atoms with Crippen molar-refractivity contribution >= 4 is 28.2 Å². The highest BCUT2D eigenvalue weighted by atomic mass is 32.1. The molecule has 34 heavy (non-hydrogen) atoms. The average molecular weight is 469 g/mol. The van der Waals surface area contributed by atoms with Gasteiger partial charge in [-0.05, 0) is 35.7 Å². The number of nitro groups is 1. The zero-order valence-electron chi connectivity index (χ0n) is 18.2. The first-order chi connectivity index (χ1) is 16.6. The van der Waals surface area contributed by atoms with Gasteiger partial charge in [-0.2, -0.15) is 5.26 Å². The number of furan rings is 1. The van der Waals surface area contributed by atoms with Crippen molar-refractivity contribution in [1.29, 1.82) is 5.26 Å². The fourth-order valence-corrected chi connectivity index (χ4v) is 5.34. The van der Waals surface area contributed by atoms with E-state index in [2.05, 4.69) is 28.1 Å². The second-order valence-electron chi connectivity index (χ2n) is 7.98. The largest absolute Gasteiger partial charge is 0.455 e. The van der Waals surface area contributed by atoms with Gasteiger partial charge in [0.05, 0.1) is 22.3 Å². The van der Waals surface area contributed by atoms with E-state index in [0.717, 1.165) is 31.6 Å². The van der Waals surface area contributed by atoms with E-state index in [1.807, 2.05) is 18.2 Å². The normalized spacial score (nSPS) is 13.6. The van der Waals surface area contributed by atoms with E-state index in [0.29, 0.717) is 27.6 Å². The molecule has 0 atom stereocenters. The standard InChI is InChI=1S/C26H20N4O3S/c27-14-22-20-12-13-29(16-18-6-2-1-3-7-18)17-25(20)34-26(22)28-15-19-10-11-24(33-19)21-8-4-5-9-23(21)30(31)32/h1-11,15H,12-13,16-17H2. The van der Waals surface area contributed by atoms with Gasteiger partial charge in [0.15, 0.2) is 0 Å². The molecule has 7 nitrogen and oxygen atoms in total. The van der Waals surface area contributed by atoms with Gasteiger partial charge >= 0.3 is 0 Å². The fourth-order valence-electron chi connectivity index (χ4n) is 4.16. The molecule has 0 spiro atoms. The average Bonchev–Trinajstić information content (AvgIpc) is 3.47. The van der Waals surface area contributed by atoms with Crippen molar-refractivity contribution in [3.05, 3.63) is 104 Å². The fraction of sp³-hybridized carbons (Fsp3) is 0.154. The quantitative estimate of drug-likeness (QED) is 0.194. The Kier molecular flexibility index (Phi) is 6.04. The highest BCUT2D eigenvalue weighted by molar-refractivity contribution is 7.16. The lowest BCUT2D eigenvalue weighted by Gasteiger charge is -2.26. The molecule has 8 heteroatoms. The van der Waals surface area contributed by atoms with Gasteiger partial charge in [0, 0.05) is 30.6 Å². The van der Waals surface area contributed by atoms with Gasteiger partial charge < -0.3 is 4.42 Å². The molecule has 0 unspecified atom stereocenters. The molecule has 0 fully saturated rings. The molecule has 0 amide bonds. The monoisotopic (exact) mass is 468 g/mol. The number of rotatable bonds is 6. The van der Waals surface area contributed by atoms with Crippen LogP contribution >= 0.6 is 11.3 Å². The number of hydrogen-bond acceptors (Lipinski definition) is 7. The topological polar surface area (TPSA) is 95.7 Å². The molecular weight excluding hydrogens is 448 g/mol. The molecule has 0 bridgehead atoms. The first-order valence-corrected chi connectivity index (χ1v) is 11.6. The predicted octanol–water partition coefficient (Wildman–Crippen LogP) is 6.10. The number of nitro benzene ring substituents is 1. The number of nitriles is 1. The molecule has 5 rings (SSSR count). The summed E-state index contributed by atoms with van der Waals surface area (Å²) in [6, 6.07) is 22.6. The van der Waals surface area contributed by atoms with E-state index in [1.165, 1.54) is 27.8 Å². The molecule has 0 radical (unpaired) electrons. The molecule has 0 saturated carbocycles. The second kappa shape index (κ2) is 9.43. The summed E-state index contributed by atoms with van der Waals surface area (Å²) in [6.07, 6.45) is 2.39. The van der Waals surface area contributed by atoms with Crippen LogP contribution in [0.15, 0.2) is 76.1 Å². The van der Waals surface area contributed by atoms with Crippen LogP contribution in [0.2, 0.25) is 0 Å². The van der Waals surface area contributed by atoms with Crippen molar-refractivity contribution in [2.75, 3.05) is 6.54 Å². The summed E-state index contributed by atoms with van der Waals surface area (Å²) in [6.45, 7) is 2.56. The number of benzene rings is 2. The van der Waals surface area contributed by atoms with Crippen molar-refractivity contribution in [3.63, 3.8) is 0 Å². The summed E-state index contributed by atoms with van der Waals surface area (Å²) >= 11 is 1.54. The van der Waals surface area contributed by atoms with Crippen molar-refractivity contribution in [2.24, 2.45) is 4.99 Å². The number of aliphatic imine (C=N–C) groups is 1. The van der Waals surface area contributed by atoms with Gasteiger partial charge in [0.1, 0.15) is 22.6 Å². The molecule has 1 aliphatic heterocycles.